The number of amides is 1. The van der Waals surface area contributed by atoms with Crippen LogP contribution in [0.25, 0.3) is 0 Å². The van der Waals surface area contributed by atoms with Gasteiger partial charge in [0, 0.05) is 10.0 Å². The van der Waals surface area contributed by atoms with Gasteiger partial charge in [-0.05, 0) is 56.2 Å². The molecular formula is C22H24BrCl2NO4. The van der Waals surface area contributed by atoms with E-state index in [9.17, 15) is 14.7 Å². The van der Waals surface area contributed by atoms with Gasteiger partial charge in [0.05, 0.1) is 12.5 Å². The second-order valence-electron chi connectivity index (χ2n) is 7.80. The molecule has 0 radical (unpaired) electrons. The zero-order valence-electron chi connectivity index (χ0n) is 16.9. The zero-order valence-corrected chi connectivity index (χ0v) is 20.0. The first kappa shape index (κ1) is 24.7. The Labute approximate surface area is 194 Å². The second-order valence-corrected chi connectivity index (χ2v) is 9.77. The van der Waals surface area contributed by atoms with E-state index in [2.05, 4.69) is 21.2 Å². The molecule has 1 amide bonds. The molecule has 0 heterocycles. The Morgan fingerprint density at radius 3 is 2.27 bits per heavy atom. The van der Waals surface area contributed by atoms with Crippen LogP contribution in [0.5, 0.6) is 0 Å². The van der Waals surface area contributed by atoms with Gasteiger partial charge < -0.3 is 15.2 Å². The van der Waals surface area contributed by atoms with Crippen molar-refractivity contribution < 1.29 is 19.4 Å². The zero-order chi connectivity index (χ0) is 22.5. The molecule has 162 valence electrons. The third-order valence-electron chi connectivity index (χ3n) is 4.08. The molecule has 0 spiro atoms. The summed E-state index contributed by atoms with van der Waals surface area (Å²) in [6.07, 6.45) is -1.22. The molecule has 0 aliphatic rings. The third-order valence-corrected chi connectivity index (χ3v) is 5.31. The van der Waals surface area contributed by atoms with Gasteiger partial charge in [0.1, 0.15) is 16.5 Å². The molecule has 3 atom stereocenters. The maximum Gasteiger partial charge on any atom is 0.307 e. The number of aliphatic hydroxyl groups excluding tert-OH is 1. The summed E-state index contributed by atoms with van der Waals surface area (Å²) < 4.78 is 5.26. The Balaban J connectivity index is 2.21. The molecule has 0 saturated heterocycles. The fraction of sp³-hybridized carbons (Fsp3) is 0.364. The standard InChI is InChI=1S/C22H24BrCl2NO4/c1-22(2,3)30-18(27)12-17(23)21(29)26-19(13-7-9-15(24)10-8-13)20(28)14-5-4-6-16(25)11-14/h4-11,17,19-20,28H,12H2,1-3H3,(H,26,29)/t17?,19-,20-/m1/s1. The van der Waals surface area contributed by atoms with E-state index >= 15 is 0 Å². The van der Waals surface area contributed by atoms with Crippen molar-refractivity contribution in [3.8, 4) is 0 Å². The SMILES string of the molecule is CC(C)(C)OC(=O)CC(Br)C(=O)N[C@H](c1ccc(Cl)cc1)[C@H](O)c1cccc(Cl)c1. The summed E-state index contributed by atoms with van der Waals surface area (Å²) in [5, 5.41) is 14.8. The van der Waals surface area contributed by atoms with Crippen LogP contribution in [0.3, 0.4) is 0 Å². The minimum absolute atomic E-state index is 0.149. The second kappa shape index (κ2) is 10.6. The van der Waals surface area contributed by atoms with Crippen molar-refractivity contribution in [1.29, 1.82) is 0 Å². The van der Waals surface area contributed by atoms with E-state index in [1.54, 1.807) is 69.3 Å². The van der Waals surface area contributed by atoms with Crippen molar-refractivity contribution in [2.75, 3.05) is 0 Å². The summed E-state index contributed by atoms with van der Waals surface area (Å²) >= 11 is 15.3. The predicted molar refractivity (Wildman–Crippen MR) is 122 cm³/mol. The number of carbonyl (C=O) groups is 2. The number of halogens is 3. The first-order valence-corrected chi connectivity index (χ1v) is 11.0. The fourth-order valence-corrected chi connectivity index (χ4v) is 3.48. The summed E-state index contributed by atoms with van der Waals surface area (Å²) in [5.41, 5.74) is 0.549. The molecule has 30 heavy (non-hydrogen) atoms. The molecular weight excluding hydrogens is 493 g/mol. The van der Waals surface area contributed by atoms with Crippen LogP contribution in [-0.4, -0.2) is 27.4 Å². The first-order valence-electron chi connectivity index (χ1n) is 9.31. The van der Waals surface area contributed by atoms with Crippen molar-refractivity contribution in [2.24, 2.45) is 0 Å². The Morgan fingerprint density at radius 1 is 1.07 bits per heavy atom. The molecule has 0 saturated carbocycles. The summed E-state index contributed by atoms with van der Waals surface area (Å²) in [6, 6.07) is 12.8. The monoisotopic (exact) mass is 515 g/mol. The molecule has 2 aromatic rings. The average molecular weight is 517 g/mol. The van der Waals surface area contributed by atoms with Crippen molar-refractivity contribution in [1.82, 2.24) is 5.32 Å². The number of benzene rings is 2. The Bertz CT molecular complexity index is 883. The number of aliphatic hydroxyl groups is 1. The van der Waals surface area contributed by atoms with Gasteiger partial charge in [-0.2, -0.15) is 0 Å². The average Bonchev–Trinajstić information content (AvgIpc) is 2.64. The lowest BCUT2D eigenvalue weighted by atomic mass is 9.95. The Morgan fingerprint density at radius 2 is 1.70 bits per heavy atom. The van der Waals surface area contributed by atoms with Gasteiger partial charge in [-0.25, -0.2) is 0 Å². The summed E-state index contributed by atoms with van der Waals surface area (Å²) in [7, 11) is 0. The van der Waals surface area contributed by atoms with Crippen LogP contribution in [0.1, 0.15) is 50.5 Å². The number of hydrogen-bond acceptors (Lipinski definition) is 4. The van der Waals surface area contributed by atoms with Crippen LogP contribution in [0, 0.1) is 0 Å². The smallest absolute Gasteiger partial charge is 0.307 e. The summed E-state index contributed by atoms with van der Waals surface area (Å²) in [5.74, 6) is -0.958. The molecule has 0 aromatic heterocycles. The Hall–Kier alpha value is -1.60. The number of carbonyl (C=O) groups excluding carboxylic acids is 2. The largest absolute Gasteiger partial charge is 0.460 e. The van der Waals surface area contributed by atoms with Crippen LogP contribution in [0.4, 0.5) is 0 Å². The highest BCUT2D eigenvalue weighted by Crippen LogP contribution is 2.31. The van der Waals surface area contributed by atoms with Crippen molar-refractivity contribution >= 4 is 51.0 Å². The van der Waals surface area contributed by atoms with Crippen LogP contribution < -0.4 is 5.32 Å². The maximum atomic E-state index is 12.8. The van der Waals surface area contributed by atoms with Crippen LogP contribution in [0.15, 0.2) is 48.5 Å². The molecule has 8 heteroatoms. The summed E-state index contributed by atoms with van der Waals surface area (Å²) in [4.78, 5) is 24.0. The molecule has 5 nitrogen and oxygen atoms in total. The van der Waals surface area contributed by atoms with E-state index in [-0.39, 0.29) is 6.42 Å². The van der Waals surface area contributed by atoms with Gasteiger partial charge in [0.15, 0.2) is 0 Å². The van der Waals surface area contributed by atoms with Crippen molar-refractivity contribution in [2.45, 2.75) is 49.8 Å². The highest BCUT2D eigenvalue weighted by atomic mass is 79.9. The molecule has 2 N–H and O–H groups in total. The molecule has 0 bridgehead atoms. The first-order chi connectivity index (χ1) is 14.0. The van der Waals surface area contributed by atoms with E-state index in [0.717, 1.165) is 0 Å². The van der Waals surface area contributed by atoms with Crippen molar-refractivity contribution in [3.63, 3.8) is 0 Å². The van der Waals surface area contributed by atoms with Gasteiger partial charge in [0.25, 0.3) is 0 Å². The predicted octanol–water partition coefficient (Wildman–Crippen LogP) is 5.38. The Kier molecular flexibility index (Phi) is 8.73. The minimum Gasteiger partial charge on any atom is -0.460 e. The topological polar surface area (TPSA) is 75.6 Å². The van der Waals surface area contributed by atoms with Crippen molar-refractivity contribution in [3.05, 3.63) is 69.7 Å². The number of ether oxygens (including phenoxy) is 1. The number of nitrogens with one attached hydrogen (secondary N) is 1. The van der Waals surface area contributed by atoms with Crippen LogP contribution >= 0.6 is 39.1 Å². The molecule has 2 aromatic carbocycles. The lowest BCUT2D eigenvalue weighted by molar-refractivity contribution is -0.155. The van der Waals surface area contributed by atoms with E-state index < -0.39 is 34.5 Å². The van der Waals surface area contributed by atoms with E-state index in [1.807, 2.05) is 0 Å². The highest BCUT2D eigenvalue weighted by molar-refractivity contribution is 9.10. The highest BCUT2D eigenvalue weighted by Gasteiger charge is 2.29. The van der Waals surface area contributed by atoms with Crippen LogP contribution in [-0.2, 0) is 14.3 Å². The van der Waals surface area contributed by atoms with E-state index in [4.69, 9.17) is 27.9 Å². The van der Waals surface area contributed by atoms with Crippen LogP contribution in [0.2, 0.25) is 10.0 Å². The fourth-order valence-electron chi connectivity index (χ4n) is 2.76. The van der Waals surface area contributed by atoms with Gasteiger partial charge in [0.2, 0.25) is 5.91 Å². The number of esters is 1. The van der Waals surface area contributed by atoms with E-state index in [0.29, 0.717) is 21.2 Å². The number of alkyl halides is 1. The molecule has 2 rings (SSSR count). The lowest BCUT2D eigenvalue weighted by Crippen LogP contribution is -2.38. The number of rotatable bonds is 7. The quantitative estimate of drug-likeness (QED) is 0.382. The minimum atomic E-state index is -1.07. The van der Waals surface area contributed by atoms with Gasteiger partial charge in [-0.15, -0.1) is 0 Å². The van der Waals surface area contributed by atoms with Gasteiger partial charge >= 0.3 is 5.97 Å². The maximum absolute atomic E-state index is 12.8. The molecule has 1 unspecified atom stereocenters. The number of hydrogen-bond donors (Lipinski definition) is 2. The lowest BCUT2D eigenvalue weighted by Gasteiger charge is -2.26. The molecule has 0 fully saturated rings. The molecule has 0 aliphatic carbocycles. The third kappa shape index (κ3) is 7.58. The van der Waals surface area contributed by atoms with E-state index in [1.165, 1.54) is 0 Å². The van der Waals surface area contributed by atoms with Gasteiger partial charge in [-0.1, -0.05) is 63.4 Å². The summed E-state index contributed by atoms with van der Waals surface area (Å²) in [6.45, 7) is 5.27. The molecule has 0 aliphatic heterocycles. The van der Waals surface area contributed by atoms with Gasteiger partial charge in [-0.3, -0.25) is 9.59 Å². The normalized spacial score (nSPS) is 14.5.